The maximum Gasteiger partial charge on any atom is 0.251 e. The fraction of sp³-hybridized carbons (Fsp3) is 0.308. The number of benzene rings is 1. The molecule has 0 unspecified atom stereocenters. The largest absolute Gasteiger partial charge is 0.389 e. The highest BCUT2D eigenvalue weighted by molar-refractivity contribution is 6.05. The first-order valence-electron chi connectivity index (χ1n) is 11.2. The van der Waals surface area contributed by atoms with Gasteiger partial charge in [0.2, 0.25) is 0 Å². The lowest BCUT2D eigenvalue weighted by molar-refractivity contribution is -0.0755. The SMILES string of the molecule is Cc1ccc(-c2cc(C(=O)N[C@H](C)c3ccc(F)cn3)cc(C3=NOC4(CCC4)C3)c2)nc1. The van der Waals surface area contributed by atoms with Gasteiger partial charge in [-0.2, -0.15) is 0 Å². The monoisotopic (exact) mass is 444 g/mol. The van der Waals surface area contributed by atoms with Crippen LogP contribution in [0.2, 0.25) is 0 Å². The minimum Gasteiger partial charge on any atom is -0.389 e. The lowest BCUT2D eigenvalue weighted by Crippen LogP contribution is -2.36. The number of nitrogens with one attached hydrogen (secondary N) is 1. The van der Waals surface area contributed by atoms with E-state index in [1.165, 1.54) is 6.07 Å². The molecule has 1 saturated carbocycles. The van der Waals surface area contributed by atoms with Crippen LogP contribution in [0, 0.1) is 12.7 Å². The van der Waals surface area contributed by atoms with Crippen LogP contribution < -0.4 is 5.32 Å². The van der Waals surface area contributed by atoms with Crippen LogP contribution in [0.3, 0.4) is 0 Å². The minimum absolute atomic E-state index is 0.168. The maximum absolute atomic E-state index is 13.2. The molecule has 3 heterocycles. The van der Waals surface area contributed by atoms with E-state index in [1.807, 2.05) is 50.4 Å². The van der Waals surface area contributed by atoms with Crippen molar-refractivity contribution in [1.82, 2.24) is 15.3 Å². The van der Waals surface area contributed by atoms with E-state index in [1.54, 1.807) is 6.07 Å². The molecule has 1 aliphatic carbocycles. The number of nitrogens with zero attached hydrogens (tertiary/aromatic N) is 3. The molecule has 0 radical (unpaired) electrons. The van der Waals surface area contributed by atoms with E-state index in [2.05, 4.69) is 20.4 Å². The standard InChI is InChI=1S/C26H25FN4O2/c1-16-4-6-23(28-14-16)18-10-19(24-13-26(33-31-24)8-3-9-26)12-20(11-18)25(32)30-17(2)22-7-5-21(27)15-29-22/h4-7,10-12,14-15,17H,3,8-9,13H2,1-2H3,(H,30,32)/t17-/m1/s1. The van der Waals surface area contributed by atoms with Crippen LogP contribution in [0.4, 0.5) is 4.39 Å². The van der Waals surface area contributed by atoms with Crippen molar-refractivity contribution in [3.63, 3.8) is 0 Å². The van der Waals surface area contributed by atoms with E-state index < -0.39 is 5.82 Å². The first-order chi connectivity index (χ1) is 15.9. The van der Waals surface area contributed by atoms with Gasteiger partial charge in [0, 0.05) is 29.3 Å². The van der Waals surface area contributed by atoms with Crippen molar-refractivity contribution in [2.45, 2.75) is 51.2 Å². The van der Waals surface area contributed by atoms with Crippen LogP contribution in [0.1, 0.15) is 65.8 Å². The molecule has 6 nitrogen and oxygen atoms in total. The van der Waals surface area contributed by atoms with Gasteiger partial charge in [-0.1, -0.05) is 11.2 Å². The molecule has 2 aromatic heterocycles. The second-order valence-corrected chi connectivity index (χ2v) is 8.96. The molecule has 0 saturated heterocycles. The zero-order valence-corrected chi connectivity index (χ0v) is 18.6. The molecule has 1 fully saturated rings. The number of amides is 1. The van der Waals surface area contributed by atoms with Crippen molar-refractivity contribution >= 4 is 11.6 Å². The van der Waals surface area contributed by atoms with E-state index in [9.17, 15) is 9.18 Å². The van der Waals surface area contributed by atoms with Crippen molar-refractivity contribution in [3.8, 4) is 11.3 Å². The molecule has 1 amide bonds. The van der Waals surface area contributed by atoms with Gasteiger partial charge in [0.1, 0.15) is 11.4 Å². The maximum atomic E-state index is 13.2. The fourth-order valence-electron chi connectivity index (χ4n) is 4.22. The molecular formula is C26H25FN4O2. The minimum atomic E-state index is -0.413. The normalized spacial score (nSPS) is 17.1. The van der Waals surface area contributed by atoms with Gasteiger partial charge in [0.25, 0.3) is 5.91 Å². The van der Waals surface area contributed by atoms with Crippen molar-refractivity contribution in [2.24, 2.45) is 5.16 Å². The molecule has 0 bridgehead atoms. The van der Waals surface area contributed by atoms with Crippen molar-refractivity contribution in [2.75, 3.05) is 0 Å². The predicted octanol–water partition coefficient (Wildman–Crippen LogP) is 5.13. The topological polar surface area (TPSA) is 76.5 Å². The summed E-state index contributed by atoms with van der Waals surface area (Å²) in [5.41, 5.74) is 5.30. The molecule has 3 aromatic rings. The van der Waals surface area contributed by atoms with Crippen LogP contribution in [0.5, 0.6) is 0 Å². The number of oxime groups is 1. The Morgan fingerprint density at radius 1 is 1.09 bits per heavy atom. The van der Waals surface area contributed by atoms with Gasteiger partial charge in [-0.25, -0.2) is 4.39 Å². The van der Waals surface area contributed by atoms with Crippen molar-refractivity contribution in [3.05, 3.63) is 83.1 Å². The van der Waals surface area contributed by atoms with Crippen LogP contribution in [-0.4, -0.2) is 27.2 Å². The Bertz CT molecular complexity index is 1220. The van der Waals surface area contributed by atoms with Gasteiger partial charge < -0.3 is 10.2 Å². The van der Waals surface area contributed by atoms with Crippen LogP contribution in [0.25, 0.3) is 11.3 Å². The predicted molar refractivity (Wildman–Crippen MR) is 123 cm³/mol. The summed E-state index contributed by atoms with van der Waals surface area (Å²) >= 11 is 0. The van der Waals surface area contributed by atoms with Crippen molar-refractivity contribution in [1.29, 1.82) is 0 Å². The number of pyridine rings is 2. The summed E-state index contributed by atoms with van der Waals surface area (Å²) in [5, 5.41) is 7.33. The smallest absolute Gasteiger partial charge is 0.251 e. The van der Waals surface area contributed by atoms with E-state index >= 15 is 0 Å². The first kappa shape index (κ1) is 21.2. The molecule has 1 aliphatic heterocycles. The molecule has 33 heavy (non-hydrogen) atoms. The molecule has 2 aliphatic rings. The summed E-state index contributed by atoms with van der Waals surface area (Å²) in [6, 6.07) is 12.2. The molecule has 168 valence electrons. The Labute approximate surface area is 191 Å². The van der Waals surface area contributed by atoms with Crippen LogP contribution >= 0.6 is 0 Å². The van der Waals surface area contributed by atoms with Gasteiger partial charge in [0.05, 0.1) is 29.3 Å². The Morgan fingerprint density at radius 2 is 1.91 bits per heavy atom. The zero-order valence-electron chi connectivity index (χ0n) is 18.6. The average molecular weight is 445 g/mol. The molecular weight excluding hydrogens is 419 g/mol. The first-order valence-corrected chi connectivity index (χ1v) is 11.2. The Morgan fingerprint density at radius 3 is 2.55 bits per heavy atom. The highest BCUT2D eigenvalue weighted by atomic mass is 19.1. The summed E-state index contributed by atoms with van der Waals surface area (Å²) in [6.07, 6.45) is 6.87. The number of aryl methyl sites for hydroxylation is 1. The molecule has 1 spiro atoms. The third-order valence-electron chi connectivity index (χ3n) is 6.38. The number of hydrogen-bond donors (Lipinski definition) is 1. The lowest BCUT2D eigenvalue weighted by Gasteiger charge is -2.34. The van der Waals surface area contributed by atoms with E-state index in [0.29, 0.717) is 11.3 Å². The summed E-state index contributed by atoms with van der Waals surface area (Å²) in [6.45, 7) is 3.80. The van der Waals surface area contributed by atoms with E-state index in [-0.39, 0.29) is 17.6 Å². The van der Waals surface area contributed by atoms with E-state index in [0.717, 1.165) is 60.0 Å². The number of rotatable bonds is 5. The summed E-state index contributed by atoms with van der Waals surface area (Å²) < 4.78 is 13.2. The number of hydrogen-bond acceptors (Lipinski definition) is 5. The average Bonchev–Trinajstić information content (AvgIpc) is 3.26. The number of carbonyl (C=O) groups excluding carboxylic acids is 1. The summed E-state index contributed by atoms with van der Waals surface area (Å²) in [4.78, 5) is 27.6. The highest BCUT2D eigenvalue weighted by Crippen LogP contribution is 2.43. The third-order valence-corrected chi connectivity index (χ3v) is 6.38. The van der Waals surface area contributed by atoms with Gasteiger partial charge in [-0.15, -0.1) is 0 Å². The number of carbonyl (C=O) groups is 1. The van der Waals surface area contributed by atoms with Crippen molar-refractivity contribution < 1.29 is 14.0 Å². The second-order valence-electron chi connectivity index (χ2n) is 8.96. The summed E-state index contributed by atoms with van der Waals surface area (Å²) in [5.74, 6) is -0.661. The molecule has 5 rings (SSSR count). The van der Waals surface area contributed by atoms with Crippen LogP contribution in [0.15, 0.2) is 60.0 Å². The van der Waals surface area contributed by atoms with Gasteiger partial charge in [0.15, 0.2) is 0 Å². The molecule has 1 aromatic carbocycles. The number of aromatic nitrogens is 2. The highest BCUT2D eigenvalue weighted by Gasteiger charge is 2.45. The third kappa shape index (κ3) is 4.35. The van der Waals surface area contributed by atoms with Gasteiger partial charge in [-0.3, -0.25) is 14.8 Å². The second kappa shape index (κ2) is 8.39. The lowest BCUT2D eigenvalue weighted by atomic mass is 9.76. The van der Waals surface area contributed by atoms with Crippen LogP contribution in [-0.2, 0) is 4.84 Å². The zero-order chi connectivity index (χ0) is 23.0. The molecule has 1 atom stereocenters. The van der Waals surface area contributed by atoms with E-state index in [4.69, 9.17) is 4.84 Å². The quantitative estimate of drug-likeness (QED) is 0.592. The number of halogens is 1. The fourth-order valence-corrected chi connectivity index (χ4v) is 4.22. The molecule has 1 N–H and O–H groups in total. The Hall–Kier alpha value is -3.61. The Balaban J connectivity index is 1.46. The molecule has 7 heteroatoms. The van der Waals surface area contributed by atoms with Gasteiger partial charge >= 0.3 is 0 Å². The summed E-state index contributed by atoms with van der Waals surface area (Å²) in [7, 11) is 0. The van der Waals surface area contributed by atoms with Gasteiger partial charge in [-0.05, 0) is 75.1 Å². The Kier molecular flexibility index (Phi) is 5.40.